The van der Waals surface area contributed by atoms with Crippen molar-refractivity contribution in [2.24, 2.45) is 0 Å². The van der Waals surface area contributed by atoms with Crippen molar-refractivity contribution in [1.29, 1.82) is 0 Å². The van der Waals surface area contributed by atoms with E-state index in [1.807, 2.05) is 6.79 Å². The summed E-state index contributed by atoms with van der Waals surface area (Å²) in [5.74, 6) is 0. The van der Waals surface area contributed by atoms with Crippen LogP contribution in [0.4, 0.5) is 5.69 Å². The Balaban J connectivity index is 0.000000461. The van der Waals surface area contributed by atoms with Crippen LogP contribution in [0.15, 0.2) is 18.2 Å². The fourth-order valence-electron chi connectivity index (χ4n) is 1.60. The molecular formula is C11H16N2O. The van der Waals surface area contributed by atoms with Gasteiger partial charge < -0.3 is 15.4 Å². The molecule has 1 aromatic rings. The first kappa shape index (κ1) is 10.7. The molecule has 2 rings (SSSR count). The van der Waals surface area contributed by atoms with Gasteiger partial charge in [-0.15, -0.1) is 0 Å². The molecule has 0 amide bonds. The molecule has 1 aliphatic heterocycles. The number of carbonyl (C=O) groups is 1. The fourth-order valence-corrected chi connectivity index (χ4v) is 1.60. The van der Waals surface area contributed by atoms with Crippen molar-refractivity contribution in [3.63, 3.8) is 0 Å². The van der Waals surface area contributed by atoms with E-state index >= 15 is 0 Å². The Labute approximate surface area is 84.5 Å². The minimum atomic E-state index is 0.995. The van der Waals surface area contributed by atoms with Gasteiger partial charge in [-0.1, -0.05) is 12.1 Å². The van der Waals surface area contributed by atoms with E-state index < -0.39 is 0 Å². The monoisotopic (exact) mass is 192 g/mol. The Kier molecular flexibility index (Phi) is 4.13. The van der Waals surface area contributed by atoms with Crippen molar-refractivity contribution in [3.8, 4) is 0 Å². The van der Waals surface area contributed by atoms with Gasteiger partial charge in [-0.05, 0) is 24.1 Å². The van der Waals surface area contributed by atoms with Gasteiger partial charge in [0.25, 0.3) is 0 Å². The van der Waals surface area contributed by atoms with Gasteiger partial charge in [-0.25, -0.2) is 0 Å². The molecule has 3 heteroatoms. The van der Waals surface area contributed by atoms with E-state index in [0.717, 1.165) is 19.6 Å². The maximum Gasteiger partial charge on any atom is 0.106 e. The molecule has 0 aliphatic carbocycles. The van der Waals surface area contributed by atoms with Gasteiger partial charge in [0.1, 0.15) is 6.79 Å². The average molecular weight is 192 g/mol. The number of rotatable bonds is 0. The second-order valence-electron chi connectivity index (χ2n) is 3.20. The third kappa shape index (κ3) is 2.33. The molecule has 0 unspecified atom stereocenters. The summed E-state index contributed by atoms with van der Waals surface area (Å²) in [6.07, 6.45) is 0. The standard InChI is InChI=1S/C10H14N2.CH2O/c1-8-3-2-4-10-9(8)7-11-5-6-12-10;1-2/h2-4,11-12H,5-7H2,1H3;1H2. The zero-order valence-corrected chi connectivity index (χ0v) is 8.47. The number of benzene rings is 1. The molecule has 0 saturated heterocycles. The molecule has 0 bridgehead atoms. The highest BCUT2D eigenvalue weighted by atomic mass is 16.1. The molecule has 0 radical (unpaired) electrons. The molecular weight excluding hydrogens is 176 g/mol. The third-order valence-electron chi connectivity index (χ3n) is 2.33. The van der Waals surface area contributed by atoms with Crippen molar-refractivity contribution in [1.82, 2.24) is 5.32 Å². The Hall–Kier alpha value is -1.35. The molecule has 0 saturated carbocycles. The molecule has 14 heavy (non-hydrogen) atoms. The highest BCUT2D eigenvalue weighted by molar-refractivity contribution is 5.55. The van der Waals surface area contributed by atoms with Crippen LogP contribution in [0.5, 0.6) is 0 Å². The predicted octanol–water partition coefficient (Wildman–Crippen LogP) is 1.33. The van der Waals surface area contributed by atoms with E-state index in [-0.39, 0.29) is 0 Å². The van der Waals surface area contributed by atoms with Crippen molar-refractivity contribution in [2.75, 3.05) is 18.4 Å². The summed E-state index contributed by atoms with van der Waals surface area (Å²) in [5, 5.41) is 6.79. The topological polar surface area (TPSA) is 41.1 Å². The van der Waals surface area contributed by atoms with E-state index in [4.69, 9.17) is 4.79 Å². The maximum absolute atomic E-state index is 8.00. The maximum atomic E-state index is 8.00. The smallest absolute Gasteiger partial charge is 0.106 e. The summed E-state index contributed by atoms with van der Waals surface area (Å²) >= 11 is 0. The van der Waals surface area contributed by atoms with Gasteiger partial charge in [-0.2, -0.15) is 0 Å². The summed E-state index contributed by atoms with van der Waals surface area (Å²) in [6.45, 7) is 7.23. The molecule has 2 N–H and O–H groups in total. The molecule has 0 aromatic heterocycles. The van der Waals surface area contributed by atoms with E-state index in [9.17, 15) is 0 Å². The van der Waals surface area contributed by atoms with Crippen LogP contribution in [0.25, 0.3) is 0 Å². The minimum absolute atomic E-state index is 0.995. The number of anilines is 1. The molecule has 0 atom stereocenters. The van der Waals surface area contributed by atoms with Crippen LogP contribution in [0, 0.1) is 6.92 Å². The summed E-state index contributed by atoms with van der Waals surface area (Å²) in [4.78, 5) is 8.00. The zero-order chi connectivity index (χ0) is 10.4. The van der Waals surface area contributed by atoms with Gasteiger partial charge in [0.05, 0.1) is 0 Å². The Morgan fingerprint density at radius 3 is 2.86 bits per heavy atom. The lowest BCUT2D eigenvalue weighted by Gasteiger charge is -2.08. The normalized spacial score (nSPS) is 14.1. The van der Waals surface area contributed by atoms with Gasteiger partial charge in [0.15, 0.2) is 0 Å². The van der Waals surface area contributed by atoms with Gasteiger partial charge in [0.2, 0.25) is 0 Å². The molecule has 76 valence electrons. The molecule has 1 aromatic carbocycles. The second-order valence-corrected chi connectivity index (χ2v) is 3.20. The number of nitrogens with one attached hydrogen (secondary N) is 2. The largest absolute Gasteiger partial charge is 0.383 e. The first-order chi connectivity index (χ1) is 6.88. The molecule has 3 nitrogen and oxygen atoms in total. The second kappa shape index (κ2) is 5.40. The number of hydrogen-bond donors (Lipinski definition) is 2. The van der Waals surface area contributed by atoms with Crippen LogP contribution in [-0.2, 0) is 11.3 Å². The summed E-state index contributed by atoms with van der Waals surface area (Å²) in [7, 11) is 0. The number of hydrogen-bond acceptors (Lipinski definition) is 3. The Bertz CT molecular complexity index is 299. The Morgan fingerprint density at radius 1 is 1.29 bits per heavy atom. The van der Waals surface area contributed by atoms with Crippen molar-refractivity contribution in [2.45, 2.75) is 13.5 Å². The van der Waals surface area contributed by atoms with Gasteiger partial charge in [0, 0.05) is 25.3 Å². The predicted molar refractivity (Wildman–Crippen MR) is 58.5 cm³/mol. The van der Waals surface area contributed by atoms with Crippen LogP contribution in [0.1, 0.15) is 11.1 Å². The first-order valence-electron chi connectivity index (χ1n) is 4.70. The van der Waals surface area contributed by atoms with E-state index in [2.05, 4.69) is 35.8 Å². The van der Waals surface area contributed by atoms with Crippen LogP contribution >= 0.6 is 0 Å². The highest BCUT2D eigenvalue weighted by Crippen LogP contribution is 2.20. The zero-order valence-electron chi connectivity index (χ0n) is 8.47. The minimum Gasteiger partial charge on any atom is -0.383 e. The van der Waals surface area contributed by atoms with Crippen molar-refractivity contribution >= 4 is 12.5 Å². The van der Waals surface area contributed by atoms with Crippen LogP contribution in [0.2, 0.25) is 0 Å². The van der Waals surface area contributed by atoms with Crippen LogP contribution < -0.4 is 10.6 Å². The molecule has 1 aliphatic rings. The van der Waals surface area contributed by atoms with Crippen LogP contribution in [0.3, 0.4) is 0 Å². The van der Waals surface area contributed by atoms with Crippen LogP contribution in [-0.4, -0.2) is 19.9 Å². The first-order valence-corrected chi connectivity index (χ1v) is 4.70. The lowest BCUT2D eigenvalue weighted by atomic mass is 10.1. The number of aryl methyl sites for hydroxylation is 1. The van der Waals surface area contributed by atoms with Crippen molar-refractivity contribution < 1.29 is 4.79 Å². The lowest BCUT2D eigenvalue weighted by molar-refractivity contribution is -0.0979. The molecule has 0 spiro atoms. The summed E-state index contributed by atoms with van der Waals surface area (Å²) in [5.41, 5.74) is 4.07. The molecule has 1 heterocycles. The average Bonchev–Trinajstić information content (AvgIpc) is 2.47. The Morgan fingerprint density at radius 2 is 2.07 bits per heavy atom. The van der Waals surface area contributed by atoms with Gasteiger partial charge in [-0.3, -0.25) is 0 Å². The highest BCUT2D eigenvalue weighted by Gasteiger charge is 2.07. The summed E-state index contributed by atoms with van der Waals surface area (Å²) in [6, 6.07) is 6.41. The molecule has 0 fully saturated rings. The van der Waals surface area contributed by atoms with E-state index in [0.29, 0.717) is 0 Å². The quantitative estimate of drug-likeness (QED) is 0.651. The lowest BCUT2D eigenvalue weighted by Crippen LogP contribution is -2.17. The van der Waals surface area contributed by atoms with Gasteiger partial charge >= 0.3 is 0 Å². The number of carbonyl (C=O) groups excluding carboxylic acids is 1. The third-order valence-corrected chi connectivity index (χ3v) is 2.33. The van der Waals surface area contributed by atoms with E-state index in [1.165, 1.54) is 16.8 Å². The van der Waals surface area contributed by atoms with Crippen molar-refractivity contribution in [3.05, 3.63) is 29.3 Å². The summed E-state index contributed by atoms with van der Waals surface area (Å²) < 4.78 is 0. The SMILES string of the molecule is C=O.Cc1cccc2c1CNCCN2. The number of fused-ring (bicyclic) bond motifs is 1. The van der Waals surface area contributed by atoms with E-state index in [1.54, 1.807) is 0 Å². The fraction of sp³-hybridized carbons (Fsp3) is 0.364.